The highest BCUT2D eigenvalue weighted by Gasteiger charge is 2.15. The first-order chi connectivity index (χ1) is 14.9. The minimum atomic E-state index is -0.396. The van der Waals surface area contributed by atoms with E-state index in [2.05, 4.69) is 10.3 Å². The van der Waals surface area contributed by atoms with Gasteiger partial charge in [0.2, 0.25) is 5.91 Å². The number of aromatic nitrogens is 2. The van der Waals surface area contributed by atoms with E-state index in [0.717, 1.165) is 28.6 Å². The van der Waals surface area contributed by atoms with Gasteiger partial charge in [-0.2, -0.15) is 0 Å². The third-order valence-corrected chi connectivity index (χ3v) is 5.61. The lowest BCUT2D eigenvalue weighted by Gasteiger charge is -2.13. The first-order valence-corrected chi connectivity index (χ1v) is 10.7. The molecule has 1 aromatic heterocycles. The Hall–Kier alpha value is -3.45. The number of thioether (sulfide) groups is 1. The van der Waals surface area contributed by atoms with Crippen LogP contribution < -0.4 is 10.9 Å². The number of fused-ring (bicyclic) bond motifs is 1. The van der Waals surface area contributed by atoms with Gasteiger partial charge >= 0.3 is 0 Å². The summed E-state index contributed by atoms with van der Waals surface area (Å²) in [6.45, 7) is 3.94. The molecule has 4 aromatic rings. The van der Waals surface area contributed by atoms with Crippen molar-refractivity contribution in [3.05, 3.63) is 94.0 Å². The highest BCUT2D eigenvalue weighted by molar-refractivity contribution is 7.99. The zero-order chi connectivity index (χ0) is 22.0. The van der Waals surface area contributed by atoms with E-state index < -0.39 is 5.82 Å². The summed E-state index contributed by atoms with van der Waals surface area (Å²) in [4.78, 5) is 30.3. The number of hydrogen-bond donors (Lipinski definition) is 1. The number of nitrogens with one attached hydrogen (secondary N) is 1. The van der Waals surface area contributed by atoms with Gasteiger partial charge in [-0.15, -0.1) is 0 Å². The Bertz CT molecular complexity index is 1310. The van der Waals surface area contributed by atoms with Crippen molar-refractivity contribution < 1.29 is 9.18 Å². The van der Waals surface area contributed by atoms with Crippen molar-refractivity contribution in [2.45, 2.75) is 19.0 Å². The maximum absolute atomic E-state index is 13.4. The van der Waals surface area contributed by atoms with Crippen molar-refractivity contribution in [2.75, 3.05) is 11.1 Å². The highest BCUT2D eigenvalue weighted by Crippen LogP contribution is 2.22. The summed E-state index contributed by atoms with van der Waals surface area (Å²) >= 11 is 1.16. The molecule has 1 heterocycles. The molecule has 0 aliphatic carbocycles. The molecule has 156 valence electrons. The molecule has 0 spiro atoms. The molecule has 0 radical (unpaired) electrons. The minimum absolute atomic E-state index is 0.0684. The number of benzene rings is 3. The van der Waals surface area contributed by atoms with Crippen molar-refractivity contribution in [1.82, 2.24) is 9.55 Å². The Morgan fingerprint density at radius 3 is 2.42 bits per heavy atom. The van der Waals surface area contributed by atoms with Crippen LogP contribution in [0.1, 0.15) is 11.1 Å². The topological polar surface area (TPSA) is 64.0 Å². The molecule has 3 aromatic carbocycles. The molecule has 7 heteroatoms. The average molecular weight is 434 g/mol. The summed E-state index contributed by atoms with van der Waals surface area (Å²) in [5.41, 5.74) is 3.61. The predicted octanol–water partition coefficient (Wildman–Crippen LogP) is 4.87. The Kier molecular flexibility index (Phi) is 5.86. The van der Waals surface area contributed by atoms with E-state index in [1.165, 1.54) is 28.8 Å². The fourth-order valence-corrected chi connectivity index (χ4v) is 4.21. The van der Waals surface area contributed by atoms with E-state index >= 15 is 0 Å². The number of carbonyl (C=O) groups excluding carboxylic acids is 1. The van der Waals surface area contributed by atoms with Crippen LogP contribution in [-0.4, -0.2) is 21.2 Å². The van der Waals surface area contributed by atoms with E-state index in [0.29, 0.717) is 21.7 Å². The normalized spacial score (nSPS) is 10.9. The summed E-state index contributed by atoms with van der Waals surface area (Å²) in [7, 11) is 0. The molecule has 0 aliphatic heterocycles. The Labute approximate surface area is 182 Å². The lowest BCUT2D eigenvalue weighted by atomic mass is 10.1. The molecule has 0 saturated heterocycles. The van der Waals surface area contributed by atoms with Gasteiger partial charge in [-0.1, -0.05) is 30.0 Å². The van der Waals surface area contributed by atoms with Gasteiger partial charge in [0.05, 0.1) is 22.3 Å². The van der Waals surface area contributed by atoms with Crippen molar-refractivity contribution >= 4 is 34.3 Å². The van der Waals surface area contributed by atoms with E-state index in [1.807, 2.05) is 32.0 Å². The Balaban J connectivity index is 1.66. The van der Waals surface area contributed by atoms with Crippen LogP contribution in [0.15, 0.2) is 76.7 Å². The van der Waals surface area contributed by atoms with Crippen molar-refractivity contribution in [3.8, 4) is 5.69 Å². The number of anilines is 1. The number of hydrogen-bond acceptors (Lipinski definition) is 4. The van der Waals surface area contributed by atoms with Crippen LogP contribution in [0.5, 0.6) is 0 Å². The second kappa shape index (κ2) is 8.73. The first-order valence-electron chi connectivity index (χ1n) is 9.69. The predicted molar refractivity (Wildman–Crippen MR) is 123 cm³/mol. The molecule has 0 aliphatic rings. The lowest BCUT2D eigenvalue weighted by Crippen LogP contribution is -2.23. The molecular formula is C24H20FN3O2S. The largest absolute Gasteiger partial charge is 0.325 e. The first kappa shape index (κ1) is 20.8. The van der Waals surface area contributed by atoms with Crippen LogP contribution in [-0.2, 0) is 4.79 Å². The fraction of sp³-hybridized carbons (Fsp3) is 0.125. The van der Waals surface area contributed by atoms with Gasteiger partial charge in [-0.05, 0) is 73.5 Å². The number of halogens is 1. The van der Waals surface area contributed by atoms with Crippen molar-refractivity contribution in [3.63, 3.8) is 0 Å². The number of rotatable bonds is 5. The van der Waals surface area contributed by atoms with Gasteiger partial charge in [0, 0.05) is 5.69 Å². The zero-order valence-electron chi connectivity index (χ0n) is 17.1. The minimum Gasteiger partial charge on any atom is -0.325 e. The summed E-state index contributed by atoms with van der Waals surface area (Å²) in [5, 5.41) is 3.71. The molecule has 0 bridgehead atoms. The fourth-order valence-electron chi connectivity index (χ4n) is 3.40. The van der Waals surface area contributed by atoms with Gasteiger partial charge in [0.25, 0.3) is 5.56 Å². The smallest absolute Gasteiger partial charge is 0.266 e. The quantitative estimate of drug-likeness (QED) is 0.360. The average Bonchev–Trinajstić information content (AvgIpc) is 2.72. The standard InChI is InChI=1S/C24H20FN3O2S/c1-15-11-16(2)13-18(12-15)26-22(29)14-31-24-27-21-6-4-3-5-20(21)23(30)28(24)19-9-7-17(25)8-10-19/h3-13H,14H2,1-2H3,(H,26,29). The van der Waals surface area contributed by atoms with Crippen LogP contribution in [0.2, 0.25) is 0 Å². The molecule has 1 N–H and O–H groups in total. The van der Waals surface area contributed by atoms with Gasteiger partial charge in [-0.3, -0.25) is 14.2 Å². The van der Waals surface area contributed by atoms with E-state index in [1.54, 1.807) is 24.3 Å². The van der Waals surface area contributed by atoms with Crippen LogP contribution in [0, 0.1) is 19.7 Å². The monoisotopic (exact) mass is 433 g/mol. The third-order valence-electron chi connectivity index (χ3n) is 4.67. The van der Waals surface area contributed by atoms with Gasteiger partial charge in [-0.25, -0.2) is 9.37 Å². The van der Waals surface area contributed by atoms with E-state index in [9.17, 15) is 14.0 Å². The molecule has 0 unspecified atom stereocenters. The third kappa shape index (κ3) is 4.67. The van der Waals surface area contributed by atoms with Gasteiger partial charge in [0.1, 0.15) is 5.82 Å². The van der Waals surface area contributed by atoms with Crippen LogP contribution in [0.25, 0.3) is 16.6 Å². The van der Waals surface area contributed by atoms with Crippen LogP contribution in [0.4, 0.5) is 10.1 Å². The molecule has 1 amide bonds. The number of carbonyl (C=O) groups is 1. The van der Waals surface area contributed by atoms with Crippen LogP contribution in [0.3, 0.4) is 0 Å². The van der Waals surface area contributed by atoms with Crippen molar-refractivity contribution in [2.24, 2.45) is 0 Å². The second-order valence-electron chi connectivity index (χ2n) is 7.24. The van der Waals surface area contributed by atoms with E-state index in [-0.39, 0.29) is 17.2 Å². The number of aryl methyl sites for hydroxylation is 2. The molecule has 0 saturated carbocycles. The Morgan fingerprint density at radius 1 is 1.03 bits per heavy atom. The second-order valence-corrected chi connectivity index (χ2v) is 8.18. The number of para-hydroxylation sites is 1. The van der Waals surface area contributed by atoms with Crippen LogP contribution >= 0.6 is 11.8 Å². The maximum atomic E-state index is 13.4. The molecule has 5 nitrogen and oxygen atoms in total. The molecule has 0 fully saturated rings. The van der Waals surface area contributed by atoms with Gasteiger partial charge < -0.3 is 5.32 Å². The summed E-state index contributed by atoms with van der Waals surface area (Å²) in [6, 6.07) is 18.5. The number of nitrogens with zero attached hydrogens (tertiary/aromatic N) is 2. The molecular weight excluding hydrogens is 413 g/mol. The van der Waals surface area contributed by atoms with E-state index in [4.69, 9.17) is 0 Å². The summed E-state index contributed by atoms with van der Waals surface area (Å²) in [6.07, 6.45) is 0. The highest BCUT2D eigenvalue weighted by atomic mass is 32.2. The van der Waals surface area contributed by atoms with Crippen molar-refractivity contribution in [1.29, 1.82) is 0 Å². The van der Waals surface area contributed by atoms with Gasteiger partial charge in [0.15, 0.2) is 5.16 Å². The molecule has 0 atom stereocenters. The summed E-state index contributed by atoms with van der Waals surface area (Å²) < 4.78 is 14.8. The lowest BCUT2D eigenvalue weighted by molar-refractivity contribution is -0.113. The summed E-state index contributed by atoms with van der Waals surface area (Å²) in [5.74, 6) is -0.533. The molecule has 4 rings (SSSR count). The SMILES string of the molecule is Cc1cc(C)cc(NC(=O)CSc2nc3ccccc3c(=O)n2-c2ccc(F)cc2)c1. The maximum Gasteiger partial charge on any atom is 0.266 e. The molecule has 31 heavy (non-hydrogen) atoms. The number of amides is 1. The zero-order valence-corrected chi connectivity index (χ0v) is 17.9. The Morgan fingerprint density at radius 2 is 1.71 bits per heavy atom.